The Balaban J connectivity index is 1.78. The van der Waals surface area contributed by atoms with Crippen LogP contribution in [0.15, 0.2) is 78.9 Å². The highest BCUT2D eigenvalue weighted by Crippen LogP contribution is 2.28. The summed E-state index contributed by atoms with van der Waals surface area (Å²) in [5, 5.41) is 11.2. The molecule has 0 spiro atoms. The number of nitro groups is 1. The summed E-state index contributed by atoms with van der Waals surface area (Å²) in [6.45, 7) is 0.133. The van der Waals surface area contributed by atoms with Crippen LogP contribution in [0.3, 0.4) is 0 Å². The van der Waals surface area contributed by atoms with Gasteiger partial charge in [-0.2, -0.15) is 0 Å². The zero-order valence-electron chi connectivity index (χ0n) is 15.2. The molecule has 0 bridgehead atoms. The molecule has 2 N–H and O–H groups in total. The Morgan fingerprint density at radius 2 is 1.64 bits per heavy atom. The fourth-order valence-electron chi connectivity index (χ4n) is 2.92. The van der Waals surface area contributed by atoms with E-state index < -0.39 is 16.9 Å². The van der Waals surface area contributed by atoms with Crippen molar-refractivity contribution in [3.8, 4) is 11.1 Å². The second-order valence-electron chi connectivity index (χ2n) is 6.37. The predicted octanol–water partition coefficient (Wildman–Crippen LogP) is 3.88. The fourth-order valence-corrected chi connectivity index (χ4v) is 2.92. The minimum Gasteiger partial charge on any atom is -0.460 e. The highest BCUT2D eigenvalue weighted by atomic mass is 16.6. The number of nitrogens with two attached hydrogens (primary N) is 1. The number of nitrogens with zero attached hydrogens (tertiary/aromatic N) is 1. The van der Waals surface area contributed by atoms with E-state index >= 15 is 0 Å². The van der Waals surface area contributed by atoms with Crippen molar-refractivity contribution < 1.29 is 14.5 Å². The van der Waals surface area contributed by atoms with Gasteiger partial charge in [0.05, 0.1) is 4.92 Å². The number of esters is 1. The average molecular weight is 376 g/mol. The smallest absolute Gasteiger partial charge is 0.323 e. The van der Waals surface area contributed by atoms with E-state index in [4.69, 9.17) is 10.5 Å². The molecule has 0 aliphatic heterocycles. The zero-order valence-corrected chi connectivity index (χ0v) is 15.2. The van der Waals surface area contributed by atoms with Crippen LogP contribution in [0.4, 0.5) is 5.69 Å². The normalized spacial score (nSPS) is 11.6. The molecule has 6 nitrogen and oxygen atoms in total. The molecule has 3 aromatic carbocycles. The van der Waals surface area contributed by atoms with E-state index in [1.165, 1.54) is 12.1 Å². The maximum Gasteiger partial charge on any atom is 0.323 e. The molecule has 0 heterocycles. The van der Waals surface area contributed by atoms with E-state index in [1.807, 2.05) is 60.7 Å². The number of non-ortho nitro benzene ring substituents is 1. The Hall–Kier alpha value is -3.51. The lowest BCUT2D eigenvalue weighted by atomic mass is 9.94. The molecular weight excluding hydrogens is 356 g/mol. The monoisotopic (exact) mass is 376 g/mol. The second-order valence-corrected chi connectivity index (χ2v) is 6.37. The molecule has 0 fully saturated rings. The van der Waals surface area contributed by atoms with Crippen LogP contribution in [0.2, 0.25) is 0 Å². The molecule has 3 rings (SSSR count). The summed E-state index contributed by atoms with van der Waals surface area (Å²) < 4.78 is 5.29. The summed E-state index contributed by atoms with van der Waals surface area (Å²) in [6, 6.07) is 22.5. The van der Waals surface area contributed by atoms with Crippen LogP contribution in [0.25, 0.3) is 11.1 Å². The third kappa shape index (κ3) is 4.81. The van der Waals surface area contributed by atoms with Crippen LogP contribution in [-0.2, 0) is 22.6 Å². The molecule has 3 aromatic rings. The molecule has 0 radical (unpaired) electrons. The molecule has 0 aliphatic carbocycles. The van der Waals surface area contributed by atoms with Gasteiger partial charge in [0.25, 0.3) is 5.69 Å². The lowest BCUT2D eigenvalue weighted by Crippen LogP contribution is -2.34. The number of carbonyl (C=O) groups excluding carboxylic acids is 1. The molecule has 0 amide bonds. The topological polar surface area (TPSA) is 95.5 Å². The van der Waals surface area contributed by atoms with Gasteiger partial charge in [-0.3, -0.25) is 14.9 Å². The van der Waals surface area contributed by atoms with Crippen LogP contribution in [0, 0.1) is 10.1 Å². The Kier molecular flexibility index (Phi) is 6.14. The van der Waals surface area contributed by atoms with Crippen LogP contribution >= 0.6 is 0 Å². The number of carbonyl (C=O) groups is 1. The van der Waals surface area contributed by atoms with Crippen molar-refractivity contribution in [2.24, 2.45) is 5.73 Å². The maximum atomic E-state index is 12.3. The Morgan fingerprint density at radius 3 is 2.29 bits per heavy atom. The highest BCUT2D eigenvalue weighted by molar-refractivity contribution is 5.77. The van der Waals surface area contributed by atoms with E-state index in [0.717, 1.165) is 16.7 Å². The van der Waals surface area contributed by atoms with Gasteiger partial charge in [-0.15, -0.1) is 0 Å². The zero-order chi connectivity index (χ0) is 19.9. The summed E-state index contributed by atoms with van der Waals surface area (Å²) in [7, 11) is 0. The minimum atomic E-state index is -0.923. The SMILES string of the molecule is N[C@@H](Cc1cc([N+](=O)[O-])ccc1-c1ccccc1)C(=O)OCc1ccccc1. The van der Waals surface area contributed by atoms with Crippen molar-refractivity contribution in [2.45, 2.75) is 19.1 Å². The third-order valence-corrected chi connectivity index (χ3v) is 4.35. The quantitative estimate of drug-likeness (QED) is 0.384. The molecule has 0 aliphatic rings. The Bertz CT molecular complexity index is 959. The Morgan fingerprint density at radius 1 is 1.00 bits per heavy atom. The first-order chi connectivity index (χ1) is 13.5. The van der Waals surface area contributed by atoms with Crippen LogP contribution in [-0.4, -0.2) is 16.9 Å². The van der Waals surface area contributed by atoms with E-state index in [-0.39, 0.29) is 18.7 Å². The van der Waals surface area contributed by atoms with Crippen molar-refractivity contribution in [1.82, 2.24) is 0 Å². The standard InChI is InChI=1S/C22H20N2O4/c23-21(22(25)28-15-16-7-3-1-4-8-16)14-18-13-19(24(26)27)11-12-20(18)17-9-5-2-6-10-17/h1-13,21H,14-15,23H2/t21-/m0/s1. The number of hydrogen-bond acceptors (Lipinski definition) is 5. The van der Waals surface area contributed by atoms with Gasteiger partial charge in [0.1, 0.15) is 12.6 Å². The first-order valence-electron chi connectivity index (χ1n) is 8.83. The van der Waals surface area contributed by atoms with Crippen LogP contribution < -0.4 is 5.73 Å². The number of benzene rings is 3. The molecule has 6 heteroatoms. The number of rotatable bonds is 7. The van der Waals surface area contributed by atoms with E-state index in [1.54, 1.807) is 6.07 Å². The van der Waals surface area contributed by atoms with Crippen LogP contribution in [0.5, 0.6) is 0 Å². The van der Waals surface area contributed by atoms with E-state index in [2.05, 4.69) is 0 Å². The average Bonchev–Trinajstić information content (AvgIpc) is 2.73. The van der Waals surface area contributed by atoms with Gasteiger partial charge in [0.2, 0.25) is 0 Å². The first kappa shape index (κ1) is 19.3. The maximum absolute atomic E-state index is 12.3. The number of ether oxygens (including phenoxy) is 1. The lowest BCUT2D eigenvalue weighted by molar-refractivity contribution is -0.384. The van der Waals surface area contributed by atoms with Gasteiger partial charge in [-0.25, -0.2) is 0 Å². The van der Waals surface area contributed by atoms with Gasteiger partial charge in [-0.05, 0) is 34.7 Å². The summed E-state index contributed by atoms with van der Waals surface area (Å²) >= 11 is 0. The Labute approximate surface area is 162 Å². The van der Waals surface area contributed by atoms with Crippen molar-refractivity contribution in [3.63, 3.8) is 0 Å². The van der Waals surface area contributed by atoms with Gasteiger partial charge >= 0.3 is 5.97 Å². The summed E-state index contributed by atoms with van der Waals surface area (Å²) in [5.41, 5.74) is 9.20. The van der Waals surface area contributed by atoms with Gasteiger partial charge in [0, 0.05) is 12.1 Å². The van der Waals surface area contributed by atoms with Crippen LogP contribution in [0.1, 0.15) is 11.1 Å². The van der Waals surface area contributed by atoms with Crippen molar-refractivity contribution in [3.05, 3.63) is 100 Å². The van der Waals surface area contributed by atoms with Crippen molar-refractivity contribution in [2.75, 3.05) is 0 Å². The molecular formula is C22H20N2O4. The third-order valence-electron chi connectivity index (χ3n) is 4.35. The second kappa shape index (κ2) is 8.92. The van der Waals surface area contributed by atoms with Gasteiger partial charge < -0.3 is 10.5 Å². The van der Waals surface area contributed by atoms with E-state index in [9.17, 15) is 14.9 Å². The minimum absolute atomic E-state index is 0.0421. The molecule has 1 atom stereocenters. The molecule has 0 saturated heterocycles. The predicted molar refractivity (Wildman–Crippen MR) is 106 cm³/mol. The number of nitro benzene ring substituents is 1. The largest absolute Gasteiger partial charge is 0.460 e. The number of hydrogen-bond donors (Lipinski definition) is 1. The highest BCUT2D eigenvalue weighted by Gasteiger charge is 2.20. The molecule has 0 aromatic heterocycles. The van der Waals surface area contributed by atoms with Crippen molar-refractivity contribution >= 4 is 11.7 Å². The fraction of sp³-hybridized carbons (Fsp3) is 0.136. The molecule has 28 heavy (non-hydrogen) atoms. The first-order valence-corrected chi connectivity index (χ1v) is 8.83. The van der Waals surface area contributed by atoms with E-state index in [0.29, 0.717) is 5.56 Å². The lowest BCUT2D eigenvalue weighted by Gasteiger charge is -2.15. The van der Waals surface area contributed by atoms with Gasteiger partial charge in [-0.1, -0.05) is 60.7 Å². The summed E-state index contributed by atoms with van der Waals surface area (Å²) in [4.78, 5) is 23.0. The summed E-state index contributed by atoms with van der Waals surface area (Å²) in [6.07, 6.45) is 0.138. The molecule has 0 saturated carbocycles. The summed E-state index contributed by atoms with van der Waals surface area (Å²) in [5.74, 6) is -0.547. The molecule has 0 unspecified atom stereocenters. The molecule has 142 valence electrons. The van der Waals surface area contributed by atoms with Gasteiger partial charge in [0.15, 0.2) is 0 Å². The van der Waals surface area contributed by atoms with Crippen molar-refractivity contribution in [1.29, 1.82) is 0 Å².